The average molecular weight is 331 g/mol. The minimum atomic E-state index is 0. The lowest BCUT2D eigenvalue weighted by molar-refractivity contribution is -0.123. The first-order valence-electron chi connectivity index (χ1n) is 9.06. The van der Waals surface area contributed by atoms with E-state index in [2.05, 4.69) is 31.4 Å². The zero-order valence-electron chi connectivity index (χ0n) is 14.6. The number of rotatable bonds is 5. The van der Waals surface area contributed by atoms with Crippen LogP contribution in [0.15, 0.2) is 0 Å². The standard InChI is InChI=1S/C18H34N2O.ClH/c1-13(2)16-5-4-6-17(12-16)20-18(21)11-14(3)15-7-9-19-10-8-15;/h13-17,19H,4-12H2,1-3H3,(H,20,21);1H. The van der Waals surface area contributed by atoms with Crippen molar-refractivity contribution < 1.29 is 4.79 Å². The van der Waals surface area contributed by atoms with Crippen molar-refractivity contribution in [1.29, 1.82) is 0 Å². The van der Waals surface area contributed by atoms with E-state index in [1.165, 1.54) is 38.5 Å². The first-order valence-corrected chi connectivity index (χ1v) is 9.06. The van der Waals surface area contributed by atoms with E-state index >= 15 is 0 Å². The van der Waals surface area contributed by atoms with Crippen LogP contribution < -0.4 is 10.6 Å². The molecule has 1 aliphatic heterocycles. The highest BCUT2D eigenvalue weighted by Gasteiger charge is 2.27. The number of amides is 1. The van der Waals surface area contributed by atoms with Gasteiger partial charge < -0.3 is 10.6 Å². The Kier molecular flexibility index (Phi) is 8.78. The average Bonchev–Trinajstić information content (AvgIpc) is 2.48. The third-order valence-corrected chi connectivity index (χ3v) is 5.72. The molecule has 1 amide bonds. The highest BCUT2D eigenvalue weighted by atomic mass is 35.5. The van der Waals surface area contributed by atoms with E-state index in [-0.39, 0.29) is 18.3 Å². The van der Waals surface area contributed by atoms with Crippen molar-refractivity contribution in [2.45, 2.75) is 71.8 Å². The molecule has 2 aliphatic rings. The predicted molar refractivity (Wildman–Crippen MR) is 95.3 cm³/mol. The molecule has 0 aromatic heterocycles. The molecule has 0 aromatic carbocycles. The van der Waals surface area contributed by atoms with Crippen LogP contribution in [0.2, 0.25) is 0 Å². The van der Waals surface area contributed by atoms with Crippen molar-refractivity contribution >= 4 is 18.3 Å². The van der Waals surface area contributed by atoms with Gasteiger partial charge in [-0.1, -0.05) is 33.6 Å². The molecule has 2 rings (SSSR count). The van der Waals surface area contributed by atoms with Gasteiger partial charge in [0.2, 0.25) is 5.91 Å². The summed E-state index contributed by atoms with van der Waals surface area (Å²) in [5, 5.41) is 6.72. The summed E-state index contributed by atoms with van der Waals surface area (Å²) in [5.41, 5.74) is 0. The fraction of sp³-hybridized carbons (Fsp3) is 0.944. The summed E-state index contributed by atoms with van der Waals surface area (Å²) in [6.45, 7) is 9.13. The summed E-state index contributed by atoms with van der Waals surface area (Å²) < 4.78 is 0. The van der Waals surface area contributed by atoms with E-state index in [4.69, 9.17) is 0 Å². The van der Waals surface area contributed by atoms with Crippen LogP contribution in [0.5, 0.6) is 0 Å². The van der Waals surface area contributed by atoms with Crippen LogP contribution >= 0.6 is 12.4 Å². The summed E-state index contributed by atoms with van der Waals surface area (Å²) in [6.07, 6.45) is 8.16. The lowest BCUT2D eigenvalue weighted by atomic mass is 9.79. The van der Waals surface area contributed by atoms with Crippen molar-refractivity contribution in [1.82, 2.24) is 10.6 Å². The second kappa shape index (κ2) is 9.77. The number of halogens is 1. The molecule has 1 aliphatic carbocycles. The van der Waals surface area contributed by atoms with Gasteiger partial charge in [-0.3, -0.25) is 4.79 Å². The first kappa shape index (κ1) is 19.8. The highest BCUT2D eigenvalue weighted by molar-refractivity contribution is 5.85. The van der Waals surface area contributed by atoms with Crippen molar-refractivity contribution in [2.24, 2.45) is 23.7 Å². The minimum absolute atomic E-state index is 0. The Bertz CT molecular complexity index is 329. The molecule has 4 heteroatoms. The van der Waals surface area contributed by atoms with Crippen LogP contribution in [0.4, 0.5) is 0 Å². The number of hydrogen-bond acceptors (Lipinski definition) is 2. The van der Waals surface area contributed by atoms with E-state index < -0.39 is 0 Å². The first-order chi connectivity index (χ1) is 10.1. The Hall–Kier alpha value is -0.280. The molecule has 22 heavy (non-hydrogen) atoms. The number of piperidine rings is 1. The summed E-state index contributed by atoms with van der Waals surface area (Å²) in [4.78, 5) is 12.3. The number of nitrogens with one attached hydrogen (secondary N) is 2. The molecule has 0 spiro atoms. The van der Waals surface area contributed by atoms with Crippen LogP contribution in [-0.4, -0.2) is 25.0 Å². The molecule has 2 fully saturated rings. The van der Waals surface area contributed by atoms with Crippen LogP contribution in [0, 0.1) is 23.7 Å². The van der Waals surface area contributed by atoms with Crippen LogP contribution in [-0.2, 0) is 4.79 Å². The van der Waals surface area contributed by atoms with Gasteiger partial charge in [0.05, 0.1) is 0 Å². The molecule has 3 nitrogen and oxygen atoms in total. The summed E-state index contributed by atoms with van der Waals surface area (Å²) >= 11 is 0. The van der Waals surface area contributed by atoms with E-state index in [1.807, 2.05) is 0 Å². The van der Waals surface area contributed by atoms with Gasteiger partial charge in [-0.15, -0.1) is 12.4 Å². The topological polar surface area (TPSA) is 41.1 Å². The zero-order valence-corrected chi connectivity index (χ0v) is 15.4. The molecule has 0 radical (unpaired) electrons. The summed E-state index contributed by atoms with van der Waals surface area (Å²) in [7, 11) is 0. The molecule has 1 saturated carbocycles. The third-order valence-electron chi connectivity index (χ3n) is 5.72. The van der Waals surface area contributed by atoms with Crippen LogP contribution in [0.3, 0.4) is 0 Å². The highest BCUT2D eigenvalue weighted by Crippen LogP contribution is 2.30. The molecule has 0 aromatic rings. The molecule has 1 heterocycles. The molecule has 3 atom stereocenters. The maximum atomic E-state index is 12.3. The lowest BCUT2D eigenvalue weighted by Gasteiger charge is -2.33. The van der Waals surface area contributed by atoms with Gasteiger partial charge in [-0.2, -0.15) is 0 Å². The Labute approximate surface area is 142 Å². The van der Waals surface area contributed by atoms with Gasteiger partial charge in [0, 0.05) is 12.5 Å². The van der Waals surface area contributed by atoms with Gasteiger partial charge >= 0.3 is 0 Å². The molecular formula is C18H35ClN2O. The molecule has 2 N–H and O–H groups in total. The Morgan fingerprint density at radius 3 is 2.41 bits per heavy atom. The van der Waals surface area contributed by atoms with Gasteiger partial charge in [0.25, 0.3) is 0 Å². The quantitative estimate of drug-likeness (QED) is 0.805. The molecule has 1 saturated heterocycles. The van der Waals surface area contributed by atoms with Crippen molar-refractivity contribution in [3.63, 3.8) is 0 Å². The van der Waals surface area contributed by atoms with Crippen molar-refractivity contribution in [3.05, 3.63) is 0 Å². The molecule has 0 bridgehead atoms. The second-order valence-electron chi connectivity index (χ2n) is 7.70. The maximum Gasteiger partial charge on any atom is 0.220 e. The smallest absolute Gasteiger partial charge is 0.220 e. The van der Waals surface area contributed by atoms with Gasteiger partial charge in [-0.05, 0) is 62.4 Å². The Morgan fingerprint density at radius 1 is 1.09 bits per heavy atom. The third kappa shape index (κ3) is 6.08. The maximum absolute atomic E-state index is 12.3. The molecule has 130 valence electrons. The van der Waals surface area contributed by atoms with Crippen LogP contribution in [0.25, 0.3) is 0 Å². The van der Waals surface area contributed by atoms with Gasteiger partial charge in [-0.25, -0.2) is 0 Å². The SMILES string of the molecule is CC(C)C1CCCC(NC(=O)CC(C)C2CCNCC2)C1.Cl. The van der Waals surface area contributed by atoms with Gasteiger partial charge in [0.15, 0.2) is 0 Å². The van der Waals surface area contributed by atoms with Gasteiger partial charge in [0.1, 0.15) is 0 Å². The molecular weight excluding hydrogens is 296 g/mol. The van der Waals surface area contributed by atoms with E-state index in [0.717, 1.165) is 30.8 Å². The van der Waals surface area contributed by atoms with Crippen molar-refractivity contribution in [2.75, 3.05) is 13.1 Å². The fourth-order valence-corrected chi connectivity index (χ4v) is 4.12. The minimum Gasteiger partial charge on any atom is -0.353 e. The number of carbonyl (C=O) groups excluding carboxylic acids is 1. The van der Waals surface area contributed by atoms with E-state index in [9.17, 15) is 4.79 Å². The fourth-order valence-electron chi connectivity index (χ4n) is 4.12. The number of carbonyl (C=O) groups is 1. The predicted octanol–water partition coefficient (Wildman–Crippen LogP) is 3.77. The largest absolute Gasteiger partial charge is 0.353 e. The summed E-state index contributed by atoms with van der Waals surface area (Å²) in [6, 6.07) is 0.430. The lowest BCUT2D eigenvalue weighted by Crippen LogP contribution is -2.40. The van der Waals surface area contributed by atoms with E-state index in [0.29, 0.717) is 18.4 Å². The second-order valence-corrected chi connectivity index (χ2v) is 7.70. The summed E-state index contributed by atoms with van der Waals surface area (Å²) in [5.74, 6) is 3.09. The molecule has 3 unspecified atom stereocenters. The van der Waals surface area contributed by atoms with Crippen LogP contribution in [0.1, 0.15) is 65.7 Å². The normalized spacial score (nSPS) is 28.0. The Balaban J connectivity index is 0.00000242. The Morgan fingerprint density at radius 2 is 1.77 bits per heavy atom. The number of hydrogen-bond donors (Lipinski definition) is 2. The zero-order chi connectivity index (χ0) is 15.2. The monoisotopic (exact) mass is 330 g/mol. The van der Waals surface area contributed by atoms with Crippen molar-refractivity contribution in [3.8, 4) is 0 Å². The van der Waals surface area contributed by atoms with E-state index in [1.54, 1.807) is 0 Å².